The molecule has 21 heavy (non-hydrogen) atoms. The van der Waals surface area contributed by atoms with Gasteiger partial charge in [-0.2, -0.15) is 0 Å². The van der Waals surface area contributed by atoms with Crippen molar-refractivity contribution < 1.29 is 9.59 Å². The second kappa shape index (κ2) is 5.16. The van der Waals surface area contributed by atoms with Crippen LogP contribution in [-0.2, 0) is 17.6 Å². The molecular weight excluding hydrogens is 268 g/mol. The van der Waals surface area contributed by atoms with E-state index in [1.54, 1.807) is 0 Å². The topological polar surface area (TPSA) is 78.1 Å². The first kappa shape index (κ1) is 14.1. The molecule has 0 aromatic carbocycles. The van der Waals surface area contributed by atoms with Crippen LogP contribution >= 0.6 is 0 Å². The summed E-state index contributed by atoms with van der Waals surface area (Å²) in [6.45, 7) is 6.44. The highest BCUT2D eigenvalue weighted by molar-refractivity contribution is 5.94. The van der Waals surface area contributed by atoms with Gasteiger partial charge in [-0.15, -0.1) is 0 Å². The Morgan fingerprint density at radius 2 is 2.14 bits per heavy atom. The van der Waals surface area contributed by atoms with Crippen LogP contribution in [0.15, 0.2) is 0 Å². The summed E-state index contributed by atoms with van der Waals surface area (Å²) >= 11 is 0. The predicted molar refractivity (Wildman–Crippen MR) is 77.9 cm³/mol. The molecule has 6 heteroatoms. The van der Waals surface area contributed by atoms with E-state index in [1.165, 1.54) is 0 Å². The Bertz CT molecular complexity index is 576. The molecule has 3 rings (SSSR count). The molecule has 0 atom stereocenters. The van der Waals surface area contributed by atoms with E-state index in [4.69, 9.17) is 0 Å². The Morgan fingerprint density at radius 1 is 1.33 bits per heavy atom. The van der Waals surface area contributed by atoms with E-state index in [0.717, 1.165) is 30.9 Å². The number of nitrogens with one attached hydrogen (secondary N) is 2. The van der Waals surface area contributed by atoms with Gasteiger partial charge in [-0.05, 0) is 18.3 Å². The molecule has 0 saturated carbocycles. The summed E-state index contributed by atoms with van der Waals surface area (Å²) in [4.78, 5) is 33.3. The van der Waals surface area contributed by atoms with Crippen molar-refractivity contribution in [1.29, 1.82) is 0 Å². The first-order valence-electron chi connectivity index (χ1n) is 7.58. The summed E-state index contributed by atoms with van der Waals surface area (Å²) in [6.07, 6.45) is 3.08. The van der Waals surface area contributed by atoms with Crippen molar-refractivity contribution in [3.8, 4) is 0 Å². The molecule has 1 saturated heterocycles. The van der Waals surface area contributed by atoms with E-state index in [2.05, 4.69) is 29.1 Å². The van der Waals surface area contributed by atoms with Crippen LogP contribution < -0.4 is 5.32 Å². The van der Waals surface area contributed by atoms with Crippen molar-refractivity contribution in [3.63, 3.8) is 0 Å². The fraction of sp³-hybridized carbons (Fsp3) is 0.667. The summed E-state index contributed by atoms with van der Waals surface area (Å²) < 4.78 is 0. The van der Waals surface area contributed by atoms with E-state index in [9.17, 15) is 9.59 Å². The molecule has 1 fully saturated rings. The number of nitrogens with zero attached hydrogens (tertiary/aromatic N) is 2. The number of hydrogen-bond donors (Lipinski definition) is 2. The molecule has 2 N–H and O–H groups in total. The lowest BCUT2D eigenvalue weighted by Crippen LogP contribution is -2.32. The van der Waals surface area contributed by atoms with Crippen LogP contribution in [0, 0.1) is 5.41 Å². The third kappa shape index (κ3) is 2.94. The maximum atomic E-state index is 12.1. The highest BCUT2D eigenvalue weighted by atomic mass is 16.2. The number of hydrogen-bond acceptors (Lipinski definition) is 3. The summed E-state index contributed by atoms with van der Waals surface area (Å²) in [7, 11) is 0. The van der Waals surface area contributed by atoms with Gasteiger partial charge in [-0.25, -0.2) is 4.98 Å². The van der Waals surface area contributed by atoms with Gasteiger partial charge in [0.25, 0.3) is 5.91 Å². The molecule has 3 heterocycles. The van der Waals surface area contributed by atoms with Crippen molar-refractivity contribution >= 4 is 11.8 Å². The van der Waals surface area contributed by atoms with Crippen molar-refractivity contribution in [3.05, 3.63) is 17.2 Å². The molecule has 0 bridgehead atoms. The number of amides is 2. The number of carbonyl (C=O) groups excluding carboxylic acids is 2. The Balaban J connectivity index is 1.72. The number of rotatable bonds is 3. The third-order valence-corrected chi connectivity index (χ3v) is 4.22. The number of aromatic amines is 1. The molecule has 0 radical (unpaired) electrons. The zero-order valence-electron chi connectivity index (χ0n) is 12.7. The lowest BCUT2D eigenvalue weighted by Gasteiger charge is -2.21. The molecular formula is C15H22N4O2. The summed E-state index contributed by atoms with van der Waals surface area (Å²) in [6, 6.07) is 0. The molecule has 1 aromatic heterocycles. The lowest BCUT2D eigenvalue weighted by molar-refractivity contribution is -0.127. The van der Waals surface area contributed by atoms with Crippen molar-refractivity contribution in [1.82, 2.24) is 20.2 Å². The van der Waals surface area contributed by atoms with Crippen molar-refractivity contribution in [2.75, 3.05) is 19.6 Å². The monoisotopic (exact) mass is 290 g/mol. The predicted octanol–water partition coefficient (Wildman–Crippen LogP) is 0.887. The van der Waals surface area contributed by atoms with Crippen LogP contribution in [0.4, 0.5) is 0 Å². The van der Waals surface area contributed by atoms with Gasteiger partial charge >= 0.3 is 0 Å². The van der Waals surface area contributed by atoms with E-state index < -0.39 is 0 Å². The van der Waals surface area contributed by atoms with Crippen LogP contribution in [-0.4, -0.2) is 46.3 Å². The Kier molecular flexibility index (Phi) is 3.47. The smallest absolute Gasteiger partial charge is 0.271 e. The maximum Gasteiger partial charge on any atom is 0.271 e. The standard InChI is InChI=1S/C15H22N4O2/c1-15(2)8-10-13(14(21)16-9-15)18-11(17-10)5-7-19-6-3-4-12(19)20/h3-9H2,1-2H3,(H,16,21)(H,17,18). The largest absolute Gasteiger partial charge is 0.350 e. The van der Waals surface area contributed by atoms with Gasteiger partial charge in [0.05, 0.1) is 0 Å². The quantitative estimate of drug-likeness (QED) is 0.867. The number of likely N-dealkylation sites (tertiary alicyclic amines) is 1. The summed E-state index contributed by atoms with van der Waals surface area (Å²) in [5, 5.41) is 2.92. The highest BCUT2D eigenvalue weighted by Gasteiger charge is 2.30. The number of aromatic nitrogens is 2. The average Bonchev–Trinajstić information content (AvgIpc) is 2.97. The first-order chi connectivity index (χ1) is 9.94. The molecule has 0 aliphatic carbocycles. The van der Waals surface area contributed by atoms with Crippen LogP contribution in [0.3, 0.4) is 0 Å². The Morgan fingerprint density at radius 3 is 2.86 bits per heavy atom. The summed E-state index contributed by atoms with van der Waals surface area (Å²) in [5.41, 5.74) is 1.45. The maximum absolute atomic E-state index is 12.1. The molecule has 2 amide bonds. The molecule has 2 aliphatic rings. The number of H-pyrrole nitrogens is 1. The highest BCUT2D eigenvalue weighted by Crippen LogP contribution is 2.25. The van der Waals surface area contributed by atoms with Crippen molar-refractivity contribution in [2.45, 2.75) is 39.5 Å². The van der Waals surface area contributed by atoms with Gasteiger partial charge in [0.1, 0.15) is 11.5 Å². The Hall–Kier alpha value is -1.85. The van der Waals surface area contributed by atoms with Gasteiger partial charge < -0.3 is 15.2 Å². The van der Waals surface area contributed by atoms with Crippen LogP contribution in [0.1, 0.15) is 48.7 Å². The van der Waals surface area contributed by atoms with Crippen LogP contribution in [0.2, 0.25) is 0 Å². The molecule has 114 valence electrons. The van der Waals surface area contributed by atoms with Gasteiger partial charge in [0.2, 0.25) is 5.91 Å². The average molecular weight is 290 g/mol. The normalized spacial score (nSPS) is 21.1. The molecule has 1 aromatic rings. The molecule has 2 aliphatic heterocycles. The molecule has 6 nitrogen and oxygen atoms in total. The SMILES string of the molecule is CC1(C)CNC(=O)c2nc(CCN3CCCC3=O)[nH]c2C1. The van der Waals surface area contributed by atoms with Gasteiger partial charge in [-0.1, -0.05) is 13.8 Å². The van der Waals surface area contributed by atoms with Crippen molar-refractivity contribution in [2.24, 2.45) is 5.41 Å². The fourth-order valence-corrected chi connectivity index (χ4v) is 3.02. The minimum atomic E-state index is -0.102. The van der Waals surface area contributed by atoms with Gasteiger partial charge in [0, 0.05) is 38.2 Å². The fourth-order valence-electron chi connectivity index (χ4n) is 3.02. The number of carbonyl (C=O) groups is 2. The second-order valence-electron chi connectivity index (χ2n) is 6.77. The number of imidazole rings is 1. The molecule has 0 unspecified atom stereocenters. The second-order valence-corrected chi connectivity index (χ2v) is 6.77. The first-order valence-corrected chi connectivity index (χ1v) is 7.58. The van der Waals surface area contributed by atoms with Gasteiger partial charge in [-0.3, -0.25) is 9.59 Å². The molecule has 0 spiro atoms. The van der Waals surface area contributed by atoms with E-state index in [0.29, 0.717) is 31.6 Å². The number of fused-ring (bicyclic) bond motifs is 1. The zero-order chi connectivity index (χ0) is 15.0. The summed E-state index contributed by atoms with van der Waals surface area (Å²) in [5.74, 6) is 0.921. The minimum absolute atomic E-state index is 0.0234. The zero-order valence-corrected chi connectivity index (χ0v) is 12.7. The minimum Gasteiger partial charge on any atom is -0.350 e. The third-order valence-electron chi connectivity index (χ3n) is 4.22. The van der Waals surface area contributed by atoms with Gasteiger partial charge in [0.15, 0.2) is 0 Å². The Labute approximate surface area is 124 Å². The van der Waals surface area contributed by atoms with Crippen LogP contribution in [0.25, 0.3) is 0 Å². The van der Waals surface area contributed by atoms with E-state index in [1.807, 2.05) is 4.90 Å². The van der Waals surface area contributed by atoms with E-state index in [-0.39, 0.29) is 17.2 Å². The van der Waals surface area contributed by atoms with E-state index >= 15 is 0 Å². The lowest BCUT2D eigenvalue weighted by atomic mass is 9.88. The van der Waals surface area contributed by atoms with Crippen LogP contribution in [0.5, 0.6) is 0 Å².